The first kappa shape index (κ1) is 12.7. The minimum atomic E-state index is -0.256. The van der Waals surface area contributed by atoms with Crippen molar-refractivity contribution < 1.29 is 4.74 Å². The minimum Gasteiger partial charge on any atom is -0.474 e. The molecule has 0 aromatic carbocycles. The van der Waals surface area contributed by atoms with E-state index in [1.165, 1.54) is 38.1 Å². The number of aromatic nitrogens is 2. The van der Waals surface area contributed by atoms with Gasteiger partial charge in [0.2, 0.25) is 0 Å². The van der Waals surface area contributed by atoms with Crippen LogP contribution in [0, 0.1) is 0 Å². The Morgan fingerprint density at radius 1 is 1.25 bits per heavy atom. The summed E-state index contributed by atoms with van der Waals surface area (Å²) in [7, 11) is 0. The van der Waals surface area contributed by atoms with Crippen LogP contribution in [-0.4, -0.2) is 16.6 Å². The zero-order valence-corrected chi connectivity index (χ0v) is 9.87. The molecule has 90 valence electrons. The summed E-state index contributed by atoms with van der Waals surface area (Å²) in [6, 6.07) is 0. The lowest BCUT2D eigenvalue weighted by molar-refractivity contribution is 0.288. The Bertz CT molecular complexity index is 336. The van der Waals surface area contributed by atoms with Gasteiger partial charge in [0.05, 0.1) is 6.61 Å². The molecule has 4 nitrogen and oxygen atoms in total. The highest BCUT2D eigenvalue weighted by Crippen LogP contribution is 2.05. The van der Waals surface area contributed by atoms with E-state index < -0.39 is 0 Å². The maximum atomic E-state index is 11.2. The van der Waals surface area contributed by atoms with Crippen LogP contribution < -0.4 is 10.3 Å². The molecule has 0 radical (unpaired) electrons. The summed E-state index contributed by atoms with van der Waals surface area (Å²) in [5.41, 5.74) is -0.256. The van der Waals surface area contributed by atoms with E-state index >= 15 is 0 Å². The summed E-state index contributed by atoms with van der Waals surface area (Å²) >= 11 is 0. The van der Waals surface area contributed by atoms with Crippen LogP contribution in [0.4, 0.5) is 0 Å². The summed E-state index contributed by atoms with van der Waals surface area (Å²) in [6.07, 6.45) is 10.3. The molecule has 0 spiro atoms. The smallest absolute Gasteiger partial charge is 0.310 e. The average molecular weight is 224 g/mol. The van der Waals surface area contributed by atoms with Crippen molar-refractivity contribution in [2.75, 3.05) is 6.61 Å². The van der Waals surface area contributed by atoms with Gasteiger partial charge in [-0.1, -0.05) is 39.0 Å². The van der Waals surface area contributed by atoms with Gasteiger partial charge < -0.3 is 9.72 Å². The Kier molecular flexibility index (Phi) is 6.30. The fourth-order valence-corrected chi connectivity index (χ4v) is 1.49. The second kappa shape index (κ2) is 7.91. The molecule has 0 aliphatic heterocycles. The van der Waals surface area contributed by atoms with Gasteiger partial charge in [0.25, 0.3) is 5.88 Å². The van der Waals surface area contributed by atoms with Gasteiger partial charge in [0.1, 0.15) is 0 Å². The standard InChI is InChI=1S/C12H20N2O2/c1-2-3-4-5-6-7-10-16-12-11(15)13-8-9-14-12/h8-9H,2-7,10H2,1H3,(H,13,15). The number of nitrogens with one attached hydrogen (secondary N) is 1. The van der Waals surface area contributed by atoms with Gasteiger partial charge in [-0.15, -0.1) is 0 Å². The van der Waals surface area contributed by atoms with E-state index in [-0.39, 0.29) is 11.4 Å². The van der Waals surface area contributed by atoms with Crippen LogP contribution in [0.1, 0.15) is 45.4 Å². The van der Waals surface area contributed by atoms with E-state index in [1.54, 1.807) is 0 Å². The molecule has 0 aliphatic carbocycles. The van der Waals surface area contributed by atoms with Gasteiger partial charge in [-0.25, -0.2) is 4.98 Å². The van der Waals surface area contributed by atoms with Crippen LogP contribution in [0.5, 0.6) is 5.88 Å². The molecule has 1 N–H and O–H groups in total. The predicted octanol–water partition coefficient (Wildman–Crippen LogP) is 2.51. The number of nitrogens with zero attached hydrogens (tertiary/aromatic N) is 1. The number of H-pyrrole nitrogens is 1. The Hall–Kier alpha value is -1.32. The zero-order valence-electron chi connectivity index (χ0n) is 9.87. The highest BCUT2D eigenvalue weighted by atomic mass is 16.5. The highest BCUT2D eigenvalue weighted by Gasteiger charge is 1.99. The second-order valence-corrected chi connectivity index (χ2v) is 3.84. The van der Waals surface area contributed by atoms with Crippen molar-refractivity contribution in [1.29, 1.82) is 0 Å². The molecule has 1 rings (SSSR count). The number of ether oxygens (including phenoxy) is 1. The first-order valence-corrected chi connectivity index (χ1v) is 6.01. The average Bonchev–Trinajstić information content (AvgIpc) is 2.30. The van der Waals surface area contributed by atoms with Crippen molar-refractivity contribution in [3.63, 3.8) is 0 Å². The topological polar surface area (TPSA) is 55.0 Å². The molecule has 0 saturated carbocycles. The van der Waals surface area contributed by atoms with Crippen molar-refractivity contribution in [1.82, 2.24) is 9.97 Å². The van der Waals surface area contributed by atoms with Crippen molar-refractivity contribution >= 4 is 0 Å². The summed E-state index contributed by atoms with van der Waals surface area (Å²) in [5, 5.41) is 0. The predicted molar refractivity (Wildman–Crippen MR) is 63.7 cm³/mol. The molecule has 1 aromatic heterocycles. The number of unbranched alkanes of at least 4 members (excludes halogenated alkanes) is 5. The van der Waals surface area contributed by atoms with Crippen LogP contribution in [0.2, 0.25) is 0 Å². The monoisotopic (exact) mass is 224 g/mol. The fraction of sp³-hybridized carbons (Fsp3) is 0.667. The molecule has 4 heteroatoms. The summed E-state index contributed by atoms with van der Waals surface area (Å²) < 4.78 is 5.29. The van der Waals surface area contributed by atoms with E-state index in [1.807, 2.05) is 0 Å². The number of hydrogen-bond donors (Lipinski definition) is 1. The highest BCUT2D eigenvalue weighted by molar-refractivity contribution is 5.01. The zero-order chi connectivity index (χ0) is 11.6. The molecule has 1 heterocycles. The van der Waals surface area contributed by atoms with Crippen LogP contribution in [0.3, 0.4) is 0 Å². The number of aromatic amines is 1. The maximum Gasteiger partial charge on any atom is 0.310 e. The molecule has 0 bridgehead atoms. The van der Waals surface area contributed by atoms with Crippen molar-refractivity contribution in [2.45, 2.75) is 45.4 Å². The van der Waals surface area contributed by atoms with Crippen molar-refractivity contribution in [3.05, 3.63) is 22.7 Å². The lowest BCUT2D eigenvalue weighted by Crippen LogP contribution is -2.12. The van der Waals surface area contributed by atoms with Gasteiger partial charge in [-0.2, -0.15) is 0 Å². The Morgan fingerprint density at radius 2 is 2.00 bits per heavy atom. The van der Waals surface area contributed by atoms with Gasteiger partial charge >= 0.3 is 5.56 Å². The molecule has 0 aliphatic rings. The van der Waals surface area contributed by atoms with Crippen molar-refractivity contribution in [2.24, 2.45) is 0 Å². The van der Waals surface area contributed by atoms with Crippen LogP contribution in [0.15, 0.2) is 17.2 Å². The summed E-state index contributed by atoms with van der Waals surface area (Å²) in [6.45, 7) is 2.78. The largest absolute Gasteiger partial charge is 0.474 e. The van der Waals surface area contributed by atoms with Crippen LogP contribution >= 0.6 is 0 Å². The molecule has 0 fully saturated rings. The summed E-state index contributed by atoms with van der Waals surface area (Å²) in [4.78, 5) is 17.6. The Labute approximate surface area is 96.1 Å². The molecule has 0 atom stereocenters. The summed E-state index contributed by atoms with van der Waals surface area (Å²) in [5.74, 6) is 0.177. The van der Waals surface area contributed by atoms with Gasteiger partial charge in [-0.05, 0) is 6.42 Å². The van der Waals surface area contributed by atoms with Gasteiger partial charge in [0, 0.05) is 12.4 Å². The van der Waals surface area contributed by atoms with E-state index in [0.29, 0.717) is 6.61 Å². The van der Waals surface area contributed by atoms with Gasteiger partial charge in [-0.3, -0.25) is 4.79 Å². The lowest BCUT2D eigenvalue weighted by atomic mass is 10.1. The molecular formula is C12H20N2O2. The Balaban J connectivity index is 2.08. The van der Waals surface area contributed by atoms with Crippen LogP contribution in [-0.2, 0) is 0 Å². The molecule has 0 unspecified atom stereocenters. The SMILES string of the molecule is CCCCCCCCOc1ncc[nH]c1=O. The number of rotatable bonds is 8. The van der Waals surface area contributed by atoms with Crippen molar-refractivity contribution in [3.8, 4) is 5.88 Å². The quantitative estimate of drug-likeness (QED) is 0.690. The van der Waals surface area contributed by atoms with E-state index in [2.05, 4.69) is 16.9 Å². The third-order valence-corrected chi connectivity index (χ3v) is 2.41. The van der Waals surface area contributed by atoms with E-state index in [4.69, 9.17) is 4.74 Å². The maximum absolute atomic E-state index is 11.2. The fourth-order valence-electron chi connectivity index (χ4n) is 1.49. The third kappa shape index (κ3) is 4.96. The molecular weight excluding hydrogens is 204 g/mol. The first-order chi connectivity index (χ1) is 7.84. The molecule has 16 heavy (non-hydrogen) atoms. The molecule has 0 saturated heterocycles. The second-order valence-electron chi connectivity index (χ2n) is 3.84. The minimum absolute atomic E-state index is 0.177. The third-order valence-electron chi connectivity index (χ3n) is 2.41. The van der Waals surface area contributed by atoms with E-state index in [9.17, 15) is 4.79 Å². The van der Waals surface area contributed by atoms with Crippen LogP contribution in [0.25, 0.3) is 0 Å². The molecule has 1 aromatic rings. The Morgan fingerprint density at radius 3 is 2.75 bits per heavy atom. The molecule has 0 amide bonds. The normalized spacial score (nSPS) is 10.3. The lowest BCUT2D eigenvalue weighted by Gasteiger charge is -2.03. The number of hydrogen-bond acceptors (Lipinski definition) is 3. The van der Waals surface area contributed by atoms with E-state index in [0.717, 1.165) is 12.8 Å². The first-order valence-electron chi connectivity index (χ1n) is 6.01. The van der Waals surface area contributed by atoms with Gasteiger partial charge in [0.15, 0.2) is 0 Å².